The van der Waals surface area contributed by atoms with Gasteiger partial charge < -0.3 is 24.9 Å². The van der Waals surface area contributed by atoms with Crippen LogP contribution >= 0.6 is 0 Å². The van der Waals surface area contributed by atoms with E-state index in [4.69, 9.17) is 9.47 Å². The first-order valence-electron chi connectivity index (χ1n) is 10.9. The highest BCUT2D eigenvalue weighted by molar-refractivity contribution is 5.90. The predicted octanol–water partition coefficient (Wildman–Crippen LogP) is 5.19. The zero-order chi connectivity index (χ0) is 23.8. The molecule has 1 aliphatic rings. The van der Waals surface area contributed by atoms with E-state index >= 15 is 0 Å². The molecular formula is C24H28F2N4O3. The standard InChI is InChI=1S/C24H28F2N4O3/c1-13(2)16-9-28-22-20(16)19(5-6-27-22)33-21-17(25)7-15(8-18(21)26)30-23-29-10-24(11-31,12-32-23)14(3)4/h5-9,13-14,31H,10-12H2,1-4H3,(H,27,28)(H,29,30)/t24-/m0/s1. The molecule has 0 amide bonds. The number of pyridine rings is 1. The van der Waals surface area contributed by atoms with Gasteiger partial charge in [-0.2, -0.15) is 0 Å². The van der Waals surface area contributed by atoms with E-state index in [1.54, 1.807) is 6.07 Å². The highest BCUT2D eigenvalue weighted by Gasteiger charge is 2.37. The second kappa shape index (κ2) is 8.97. The summed E-state index contributed by atoms with van der Waals surface area (Å²) in [6.45, 7) is 8.56. The average Bonchev–Trinajstić information content (AvgIpc) is 3.22. The van der Waals surface area contributed by atoms with E-state index in [2.05, 4.69) is 20.3 Å². The van der Waals surface area contributed by atoms with Crippen molar-refractivity contribution < 1.29 is 23.4 Å². The van der Waals surface area contributed by atoms with Crippen LogP contribution in [-0.2, 0) is 4.74 Å². The van der Waals surface area contributed by atoms with Crippen LogP contribution in [0.15, 0.2) is 35.6 Å². The number of aromatic amines is 1. The molecule has 0 spiro atoms. The molecule has 1 aromatic carbocycles. The van der Waals surface area contributed by atoms with Gasteiger partial charge in [0.05, 0.1) is 18.5 Å². The van der Waals surface area contributed by atoms with E-state index in [9.17, 15) is 13.9 Å². The molecule has 2 aromatic heterocycles. The molecule has 1 atom stereocenters. The maximum atomic E-state index is 14.9. The van der Waals surface area contributed by atoms with Gasteiger partial charge in [0.2, 0.25) is 0 Å². The van der Waals surface area contributed by atoms with Gasteiger partial charge in [-0.15, -0.1) is 0 Å². The maximum Gasteiger partial charge on any atom is 0.289 e. The summed E-state index contributed by atoms with van der Waals surface area (Å²) in [6.07, 6.45) is 3.34. The number of aliphatic hydroxyl groups is 1. The van der Waals surface area contributed by atoms with Crippen molar-refractivity contribution in [2.24, 2.45) is 16.3 Å². The Morgan fingerprint density at radius 2 is 1.97 bits per heavy atom. The Hall–Kier alpha value is -3.20. The number of rotatable bonds is 6. The van der Waals surface area contributed by atoms with Crippen LogP contribution in [0.1, 0.15) is 39.2 Å². The fourth-order valence-electron chi connectivity index (χ4n) is 3.79. The number of nitrogens with zero attached hydrogens (tertiary/aromatic N) is 2. The summed E-state index contributed by atoms with van der Waals surface area (Å²) in [5, 5.41) is 13.2. The van der Waals surface area contributed by atoms with Crippen molar-refractivity contribution in [2.45, 2.75) is 33.6 Å². The Morgan fingerprint density at radius 3 is 2.55 bits per heavy atom. The lowest BCUT2D eigenvalue weighted by Crippen LogP contribution is -2.44. The molecule has 0 fully saturated rings. The van der Waals surface area contributed by atoms with Gasteiger partial charge in [-0.3, -0.25) is 0 Å². The summed E-state index contributed by atoms with van der Waals surface area (Å²) in [7, 11) is 0. The van der Waals surface area contributed by atoms with Gasteiger partial charge in [0.25, 0.3) is 6.02 Å². The zero-order valence-corrected chi connectivity index (χ0v) is 19.1. The number of amidine groups is 1. The van der Waals surface area contributed by atoms with Crippen molar-refractivity contribution in [1.82, 2.24) is 9.97 Å². The van der Waals surface area contributed by atoms with E-state index in [1.165, 1.54) is 6.20 Å². The second-order valence-corrected chi connectivity index (χ2v) is 9.01. The number of benzene rings is 1. The molecule has 33 heavy (non-hydrogen) atoms. The molecule has 7 nitrogen and oxygen atoms in total. The van der Waals surface area contributed by atoms with Gasteiger partial charge in [-0.1, -0.05) is 27.7 Å². The molecule has 3 aromatic rings. The monoisotopic (exact) mass is 458 g/mol. The number of fused-ring (bicyclic) bond motifs is 1. The normalized spacial score (nSPS) is 18.5. The number of aromatic nitrogens is 2. The van der Waals surface area contributed by atoms with Crippen molar-refractivity contribution in [3.63, 3.8) is 0 Å². The molecule has 0 saturated carbocycles. The van der Waals surface area contributed by atoms with Crippen molar-refractivity contribution in [2.75, 3.05) is 25.1 Å². The SMILES string of the molecule is CC(C)c1c[nH]c2nccc(Oc3c(F)cc(NC4=NC[C@@](CO)(C(C)C)CO4)cc3F)c12. The van der Waals surface area contributed by atoms with Crippen molar-refractivity contribution in [1.29, 1.82) is 0 Å². The third-order valence-corrected chi connectivity index (χ3v) is 6.22. The average molecular weight is 459 g/mol. The lowest BCUT2D eigenvalue weighted by Gasteiger charge is -2.37. The largest absolute Gasteiger partial charge is 0.464 e. The van der Waals surface area contributed by atoms with Gasteiger partial charge in [0, 0.05) is 35.6 Å². The Labute approximate surface area is 190 Å². The fourth-order valence-corrected chi connectivity index (χ4v) is 3.79. The molecule has 1 aliphatic heterocycles. The maximum absolute atomic E-state index is 14.9. The smallest absolute Gasteiger partial charge is 0.289 e. The molecular weight excluding hydrogens is 430 g/mol. The van der Waals surface area contributed by atoms with E-state index in [0.29, 0.717) is 23.3 Å². The highest BCUT2D eigenvalue weighted by Crippen LogP contribution is 2.37. The summed E-state index contributed by atoms with van der Waals surface area (Å²) in [4.78, 5) is 11.6. The lowest BCUT2D eigenvalue weighted by molar-refractivity contribution is 0.0180. The number of aliphatic hydroxyl groups excluding tert-OH is 1. The summed E-state index contributed by atoms with van der Waals surface area (Å²) in [5.74, 6) is -1.59. The minimum Gasteiger partial charge on any atom is -0.464 e. The Kier molecular flexibility index (Phi) is 6.25. The first kappa shape index (κ1) is 23.0. The second-order valence-electron chi connectivity index (χ2n) is 9.01. The minimum atomic E-state index is -0.868. The number of hydrogen-bond donors (Lipinski definition) is 3. The summed E-state index contributed by atoms with van der Waals surface area (Å²) >= 11 is 0. The number of H-pyrrole nitrogens is 1. The number of hydrogen-bond acceptors (Lipinski definition) is 6. The van der Waals surface area contributed by atoms with Gasteiger partial charge in [-0.25, -0.2) is 18.8 Å². The third-order valence-electron chi connectivity index (χ3n) is 6.22. The van der Waals surface area contributed by atoms with Crippen LogP contribution in [0, 0.1) is 23.0 Å². The summed E-state index contributed by atoms with van der Waals surface area (Å²) in [5.41, 5.74) is 1.20. The Morgan fingerprint density at radius 1 is 1.24 bits per heavy atom. The molecule has 9 heteroatoms. The first-order chi connectivity index (χ1) is 15.7. The van der Waals surface area contributed by atoms with Gasteiger partial charge in [0.15, 0.2) is 17.4 Å². The number of halogens is 2. The zero-order valence-electron chi connectivity index (χ0n) is 19.1. The summed E-state index contributed by atoms with van der Waals surface area (Å²) in [6, 6.07) is 3.98. The van der Waals surface area contributed by atoms with E-state index in [-0.39, 0.29) is 36.8 Å². The van der Waals surface area contributed by atoms with Crippen LogP contribution in [0.5, 0.6) is 11.5 Å². The van der Waals surface area contributed by atoms with Crippen LogP contribution in [0.3, 0.4) is 0 Å². The third kappa shape index (κ3) is 4.37. The fraction of sp³-hybridized carbons (Fsp3) is 0.417. The first-order valence-corrected chi connectivity index (χ1v) is 10.9. The van der Waals surface area contributed by atoms with Crippen LogP contribution in [0.25, 0.3) is 11.0 Å². The van der Waals surface area contributed by atoms with Gasteiger partial charge in [-0.05, 0) is 23.5 Å². The predicted molar refractivity (Wildman–Crippen MR) is 123 cm³/mol. The molecule has 3 heterocycles. The van der Waals surface area contributed by atoms with E-state index in [1.807, 2.05) is 33.9 Å². The van der Waals surface area contributed by atoms with Crippen LogP contribution in [-0.4, -0.2) is 40.9 Å². The number of anilines is 1. The number of nitrogens with one attached hydrogen (secondary N) is 2. The van der Waals surface area contributed by atoms with Crippen LogP contribution in [0.4, 0.5) is 14.5 Å². The molecule has 0 saturated heterocycles. The van der Waals surface area contributed by atoms with E-state index < -0.39 is 22.8 Å². The van der Waals surface area contributed by atoms with Crippen LogP contribution < -0.4 is 10.1 Å². The van der Waals surface area contributed by atoms with Crippen LogP contribution in [0.2, 0.25) is 0 Å². The van der Waals surface area contributed by atoms with Crippen molar-refractivity contribution in [3.8, 4) is 11.5 Å². The van der Waals surface area contributed by atoms with Crippen molar-refractivity contribution >= 4 is 22.7 Å². The molecule has 0 radical (unpaired) electrons. The highest BCUT2D eigenvalue weighted by atomic mass is 19.1. The van der Waals surface area contributed by atoms with Crippen molar-refractivity contribution in [3.05, 3.63) is 47.8 Å². The number of ether oxygens (including phenoxy) is 2. The summed E-state index contributed by atoms with van der Waals surface area (Å²) < 4.78 is 41.1. The molecule has 0 unspecified atom stereocenters. The lowest BCUT2D eigenvalue weighted by atomic mass is 9.78. The molecule has 0 bridgehead atoms. The molecule has 0 aliphatic carbocycles. The van der Waals surface area contributed by atoms with Gasteiger partial charge >= 0.3 is 0 Å². The molecule has 3 N–H and O–H groups in total. The van der Waals surface area contributed by atoms with E-state index in [0.717, 1.165) is 17.7 Å². The topological polar surface area (TPSA) is 91.8 Å². The quantitative estimate of drug-likeness (QED) is 0.473. The molecule has 4 rings (SSSR count). The Balaban J connectivity index is 1.57. The molecule has 176 valence electrons. The Bertz CT molecular complexity index is 1170. The number of aliphatic imine (C=N–C) groups is 1. The van der Waals surface area contributed by atoms with Gasteiger partial charge in [0.1, 0.15) is 18.0 Å². The minimum absolute atomic E-state index is 0.0569.